The summed E-state index contributed by atoms with van der Waals surface area (Å²) in [6, 6.07) is 8.89. The lowest BCUT2D eigenvalue weighted by Gasteiger charge is -2.10. The molecule has 4 nitrogen and oxygen atoms in total. The van der Waals surface area contributed by atoms with Crippen molar-refractivity contribution < 1.29 is 19.4 Å². The highest BCUT2D eigenvalue weighted by Gasteiger charge is 2.09. The largest absolute Gasteiger partial charge is 0.457 e. The minimum absolute atomic E-state index is 0.155. The van der Waals surface area contributed by atoms with Gasteiger partial charge in [0.2, 0.25) is 0 Å². The molecule has 4 heteroatoms. The van der Waals surface area contributed by atoms with Gasteiger partial charge in [-0.3, -0.25) is 9.59 Å². The van der Waals surface area contributed by atoms with Gasteiger partial charge in [-0.25, -0.2) is 0 Å². The van der Waals surface area contributed by atoms with Gasteiger partial charge in [0.15, 0.2) is 12.4 Å². The van der Waals surface area contributed by atoms with Crippen LogP contribution in [-0.4, -0.2) is 29.6 Å². The predicted molar refractivity (Wildman–Crippen MR) is 123 cm³/mol. The number of unbranched alkanes of at least 4 members (excludes halogenated alkanes) is 10. The number of hydrogen-bond donors (Lipinski definition) is 1. The van der Waals surface area contributed by atoms with E-state index < -0.39 is 0 Å². The SMILES string of the molecule is CCCCCCCCCC(O)CCCCCCCC(=O)OCC(=O)c1ccccc1. The van der Waals surface area contributed by atoms with Crippen LogP contribution in [0.3, 0.4) is 0 Å². The molecule has 1 aromatic rings. The van der Waals surface area contributed by atoms with Gasteiger partial charge in [-0.15, -0.1) is 0 Å². The highest BCUT2D eigenvalue weighted by molar-refractivity contribution is 5.97. The minimum Gasteiger partial charge on any atom is -0.457 e. The van der Waals surface area contributed by atoms with Crippen molar-refractivity contribution in [2.24, 2.45) is 0 Å². The summed E-state index contributed by atoms with van der Waals surface area (Å²) in [4.78, 5) is 23.6. The number of carbonyl (C=O) groups excluding carboxylic acids is 2. The Hall–Kier alpha value is -1.68. The molecule has 1 atom stereocenters. The molecule has 0 bridgehead atoms. The molecule has 0 aliphatic rings. The van der Waals surface area contributed by atoms with Crippen LogP contribution in [0, 0.1) is 0 Å². The number of aliphatic hydroxyl groups excluding tert-OH is 1. The third-order valence-corrected chi connectivity index (χ3v) is 5.52. The Morgan fingerprint density at radius 2 is 1.33 bits per heavy atom. The fourth-order valence-corrected chi connectivity index (χ4v) is 3.59. The summed E-state index contributed by atoms with van der Waals surface area (Å²) in [6.07, 6.45) is 16.0. The summed E-state index contributed by atoms with van der Waals surface area (Å²) in [5.74, 6) is -0.469. The van der Waals surface area contributed by atoms with Crippen LogP contribution in [0.25, 0.3) is 0 Å². The molecule has 0 radical (unpaired) electrons. The zero-order chi connectivity index (χ0) is 21.9. The number of esters is 1. The Morgan fingerprint density at radius 1 is 0.800 bits per heavy atom. The fraction of sp³-hybridized carbons (Fsp3) is 0.692. The van der Waals surface area contributed by atoms with E-state index in [0.29, 0.717) is 12.0 Å². The van der Waals surface area contributed by atoms with Crippen LogP contribution in [0.1, 0.15) is 114 Å². The molecule has 1 N–H and O–H groups in total. The molecular weight excluding hydrogens is 376 g/mol. The molecule has 1 unspecified atom stereocenters. The van der Waals surface area contributed by atoms with Crippen molar-refractivity contribution in [3.05, 3.63) is 35.9 Å². The average Bonchev–Trinajstić information content (AvgIpc) is 2.76. The third kappa shape index (κ3) is 14.3. The molecule has 0 heterocycles. The van der Waals surface area contributed by atoms with Gasteiger partial charge in [0, 0.05) is 12.0 Å². The van der Waals surface area contributed by atoms with Crippen LogP contribution in [0.4, 0.5) is 0 Å². The molecule has 0 saturated heterocycles. The van der Waals surface area contributed by atoms with Crippen LogP contribution in [0.2, 0.25) is 0 Å². The van der Waals surface area contributed by atoms with Crippen LogP contribution in [-0.2, 0) is 9.53 Å². The molecule has 30 heavy (non-hydrogen) atoms. The van der Waals surface area contributed by atoms with Crippen molar-refractivity contribution >= 4 is 11.8 Å². The number of benzene rings is 1. The molecule has 0 amide bonds. The van der Waals surface area contributed by atoms with Crippen LogP contribution in [0.15, 0.2) is 30.3 Å². The summed E-state index contributed by atoms with van der Waals surface area (Å²) in [5.41, 5.74) is 0.569. The molecule has 0 aliphatic heterocycles. The van der Waals surface area contributed by atoms with E-state index in [2.05, 4.69) is 6.92 Å². The number of hydrogen-bond acceptors (Lipinski definition) is 4. The summed E-state index contributed by atoms with van der Waals surface area (Å²) in [6.45, 7) is 2.06. The molecule has 170 valence electrons. The maximum Gasteiger partial charge on any atom is 0.306 e. The van der Waals surface area contributed by atoms with E-state index in [0.717, 1.165) is 51.4 Å². The average molecular weight is 419 g/mol. The molecule has 0 aromatic heterocycles. The molecule has 0 saturated carbocycles. The van der Waals surface area contributed by atoms with E-state index in [1.54, 1.807) is 24.3 Å². The summed E-state index contributed by atoms with van der Waals surface area (Å²) < 4.78 is 5.07. The van der Waals surface area contributed by atoms with Gasteiger partial charge < -0.3 is 9.84 Å². The monoisotopic (exact) mass is 418 g/mol. The Labute approximate surface area is 183 Å². The van der Waals surface area contributed by atoms with E-state index in [1.165, 1.54) is 38.5 Å². The maximum atomic E-state index is 11.9. The number of Topliss-reactive ketones (excluding diaryl/α,β-unsaturated/α-hetero) is 1. The van der Waals surface area contributed by atoms with Gasteiger partial charge in [0.1, 0.15) is 0 Å². The lowest BCUT2D eigenvalue weighted by atomic mass is 10.0. The lowest BCUT2D eigenvalue weighted by Crippen LogP contribution is -2.13. The Morgan fingerprint density at radius 3 is 1.93 bits per heavy atom. The molecular formula is C26H42O4. The first-order valence-corrected chi connectivity index (χ1v) is 12.1. The summed E-state index contributed by atoms with van der Waals surface area (Å²) >= 11 is 0. The first-order valence-electron chi connectivity index (χ1n) is 12.1. The predicted octanol–water partition coefficient (Wildman–Crippen LogP) is 6.64. The van der Waals surface area contributed by atoms with Crippen molar-refractivity contribution in [3.63, 3.8) is 0 Å². The maximum absolute atomic E-state index is 11.9. The van der Waals surface area contributed by atoms with Gasteiger partial charge in [-0.2, -0.15) is 0 Å². The quantitative estimate of drug-likeness (QED) is 0.155. The van der Waals surface area contributed by atoms with Gasteiger partial charge in [-0.1, -0.05) is 108 Å². The standard InChI is InChI=1S/C26H42O4/c1-2-3-4-5-6-8-14-19-24(27)20-15-9-7-10-16-21-26(29)30-22-25(28)23-17-12-11-13-18-23/h11-13,17-18,24,27H,2-10,14-16,19-22H2,1H3. The highest BCUT2D eigenvalue weighted by atomic mass is 16.5. The first kappa shape index (κ1) is 26.4. The topological polar surface area (TPSA) is 63.6 Å². The molecule has 0 aliphatic carbocycles. The van der Waals surface area contributed by atoms with Crippen molar-refractivity contribution in [3.8, 4) is 0 Å². The number of carbonyl (C=O) groups is 2. The Balaban J connectivity index is 1.89. The molecule has 0 spiro atoms. The van der Waals surface area contributed by atoms with E-state index in [9.17, 15) is 14.7 Å². The molecule has 1 aromatic carbocycles. The number of rotatable bonds is 19. The summed E-state index contributed by atoms with van der Waals surface area (Å²) in [5, 5.41) is 10.1. The first-order chi connectivity index (χ1) is 14.6. The smallest absolute Gasteiger partial charge is 0.306 e. The summed E-state index contributed by atoms with van der Waals surface area (Å²) in [7, 11) is 0. The second kappa shape index (κ2) is 18.1. The Bertz CT molecular complexity index is 555. The second-order valence-corrected chi connectivity index (χ2v) is 8.32. The van der Waals surface area contributed by atoms with Gasteiger partial charge >= 0.3 is 5.97 Å². The third-order valence-electron chi connectivity index (χ3n) is 5.52. The molecule has 1 rings (SSSR count). The van der Waals surface area contributed by atoms with Gasteiger partial charge in [0.05, 0.1) is 6.10 Å². The number of ketones is 1. The second-order valence-electron chi connectivity index (χ2n) is 8.32. The highest BCUT2D eigenvalue weighted by Crippen LogP contribution is 2.14. The van der Waals surface area contributed by atoms with Crippen LogP contribution in [0.5, 0.6) is 0 Å². The van der Waals surface area contributed by atoms with Gasteiger partial charge in [-0.05, 0) is 19.3 Å². The zero-order valence-corrected chi connectivity index (χ0v) is 18.9. The lowest BCUT2D eigenvalue weighted by molar-refractivity contribution is -0.142. The van der Waals surface area contributed by atoms with Crippen molar-refractivity contribution in [1.29, 1.82) is 0 Å². The van der Waals surface area contributed by atoms with Crippen molar-refractivity contribution in [2.75, 3.05) is 6.61 Å². The van der Waals surface area contributed by atoms with E-state index >= 15 is 0 Å². The Kier molecular flexibility index (Phi) is 15.9. The number of ether oxygens (including phenoxy) is 1. The van der Waals surface area contributed by atoms with E-state index in [4.69, 9.17) is 4.74 Å². The van der Waals surface area contributed by atoms with Gasteiger partial charge in [0.25, 0.3) is 0 Å². The normalized spacial score (nSPS) is 11.9. The van der Waals surface area contributed by atoms with Crippen molar-refractivity contribution in [2.45, 2.75) is 109 Å². The van der Waals surface area contributed by atoms with E-state index in [1.807, 2.05) is 6.07 Å². The zero-order valence-electron chi connectivity index (χ0n) is 18.9. The fourth-order valence-electron chi connectivity index (χ4n) is 3.59. The van der Waals surface area contributed by atoms with E-state index in [-0.39, 0.29) is 24.5 Å². The number of aliphatic hydroxyl groups is 1. The molecule has 0 fully saturated rings. The van der Waals surface area contributed by atoms with Crippen molar-refractivity contribution in [1.82, 2.24) is 0 Å². The van der Waals surface area contributed by atoms with Crippen LogP contribution >= 0.6 is 0 Å². The minimum atomic E-state index is -0.301. The van der Waals surface area contributed by atoms with Crippen LogP contribution < -0.4 is 0 Å².